The van der Waals surface area contributed by atoms with Gasteiger partial charge in [-0.15, -0.1) is 13.2 Å². The predicted octanol–water partition coefficient (Wildman–Crippen LogP) is 1.97. The van der Waals surface area contributed by atoms with E-state index in [1.807, 2.05) is 35.3 Å². The number of nitrogens with two attached hydrogens (primary N) is 2. The van der Waals surface area contributed by atoms with Gasteiger partial charge in [0.25, 0.3) is 5.96 Å². The van der Waals surface area contributed by atoms with Crippen LogP contribution in [0.25, 0.3) is 0 Å². The van der Waals surface area contributed by atoms with Crippen molar-refractivity contribution in [3.8, 4) is 0 Å². The van der Waals surface area contributed by atoms with Gasteiger partial charge < -0.3 is 11.5 Å². The molecule has 1 aliphatic rings. The maximum Gasteiger partial charge on any atom is 0.593 e. The molecule has 0 atom stereocenters. The second-order valence-electron chi connectivity index (χ2n) is 5.12. The molecule has 0 aromatic heterocycles. The fourth-order valence-corrected chi connectivity index (χ4v) is 2.37. The van der Waals surface area contributed by atoms with E-state index < -0.39 is 12.3 Å². The lowest BCUT2D eigenvalue weighted by molar-refractivity contribution is -0.325. The van der Waals surface area contributed by atoms with Gasteiger partial charge in [-0.2, -0.15) is 4.99 Å². The average molecular weight is 344 g/mol. The Labute approximate surface area is 137 Å². The summed E-state index contributed by atoms with van der Waals surface area (Å²) in [5, 5.41) is 6.30. The number of aliphatic imine (C=N–C) groups is 1. The van der Waals surface area contributed by atoms with Crippen LogP contribution < -0.4 is 16.5 Å². The molecule has 132 valence electrons. The first-order chi connectivity index (χ1) is 11.4. The van der Waals surface area contributed by atoms with Gasteiger partial charge in [-0.25, -0.2) is 10.0 Å². The van der Waals surface area contributed by atoms with E-state index in [-0.39, 0.29) is 5.96 Å². The van der Waals surface area contributed by atoms with Gasteiger partial charge in [0.15, 0.2) is 0 Å². The number of nitrogens with zero attached hydrogens (tertiary/aromatic N) is 4. The number of hydrogen-bond acceptors (Lipinski definition) is 3. The summed E-state index contributed by atoms with van der Waals surface area (Å²) in [7, 11) is 0. The molecular formula is C14H19F3N6O. The Kier molecular flexibility index (Phi) is 5.85. The zero-order valence-electron chi connectivity index (χ0n) is 12.9. The Morgan fingerprint density at radius 3 is 2.29 bits per heavy atom. The van der Waals surface area contributed by atoms with Crippen LogP contribution in [0.1, 0.15) is 19.3 Å². The van der Waals surface area contributed by atoms with E-state index in [1.165, 1.54) is 0 Å². The van der Waals surface area contributed by atoms with Crippen LogP contribution in [0.5, 0.6) is 0 Å². The molecule has 4 N–H and O–H groups in total. The van der Waals surface area contributed by atoms with Gasteiger partial charge in [0.1, 0.15) is 0 Å². The zero-order valence-corrected chi connectivity index (χ0v) is 12.9. The van der Waals surface area contributed by atoms with E-state index in [1.54, 1.807) is 5.01 Å². The molecule has 0 bridgehead atoms. The van der Waals surface area contributed by atoms with E-state index in [0.717, 1.165) is 38.0 Å². The normalized spacial score (nSPS) is 17.6. The number of piperidine rings is 1. The fraction of sp³-hybridized carbons (Fsp3) is 0.429. The molecule has 0 saturated carbocycles. The molecule has 0 unspecified atom stereocenters. The predicted molar refractivity (Wildman–Crippen MR) is 84.7 cm³/mol. The standard InChI is InChI=1S/C14H19F3N6O/c15-14(16,17)24-21-12(18)20-13(19)23(11-7-3-1-4-8-11)22-9-5-2-6-10-22/h1,3-4,7-8H,2,5-6,9-10H2,(H4,18,19,20,21). The molecule has 0 aliphatic carbocycles. The minimum absolute atomic E-state index is 0.0878. The van der Waals surface area contributed by atoms with Crippen LogP contribution in [0.3, 0.4) is 0 Å². The van der Waals surface area contributed by atoms with E-state index in [4.69, 9.17) is 11.5 Å². The lowest BCUT2D eigenvalue weighted by Gasteiger charge is -2.37. The second-order valence-corrected chi connectivity index (χ2v) is 5.12. The van der Waals surface area contributed by atoms with Crippen LogP contribution in [-0.4, -0.2) is 36.4 Å². The van der Waals surface area contributed by atoms with Crippen LogP contribution in [0, 0.1) is 0 Å². The third kappa shape index (κ3) is 5.30. The van der Waals surface area contributed by atoms with Gasteiger partial charge in [-0.05, 0) is 30.1 Å². The maximum absolute atomic E-state index is 12.0. The first-order valence-corrected chi connectivity index (χ1v) is 7.39. The molecule has 1 saturated heterocycles. The number of guanidine groups is 2. The summed E-state index contributed by atoms with van der Waals surface area (Å²) in [6.45, 7) is 1.50. The molecule has 1 heterocycles. The molecule has 7 nitrogen and oxygen atoms in total. The Balaban J connectivity index is 2.23. The molecule has 2 rings (SSSR count). The Morgan fingerprint density at radius 2 is 1.71 bits per heavy atom. The van der Waals surface area contributed by atoms with Crippen molar-refractivity contribution >= 4 is 17.6 Å². The van der Waals surface area contributed by atoms with Gasteiger partial charge >= 0.3 is 6.36 Å². The number of hydrazine groups is 1. The van der Waals surface area contributed by atoms with Crippen molar-refractivity contribution in [3.05, 3.63) is 30.3 Å². The van der Waals surface area contributed by atoms with Crippen molar-refractivity contribution in [2.24, 2.45) is 21.6 Å². The summed E-state index contributed by atoms with van der Waals surface area (Å²) >= 11 is 0. The molecule has 1 aliphatic heterocycles. The SMILES string of the molecule is NC(=NOC(F)(F)F)N=C(N)N(c1ccccc1)N1CCCCC1. The van der Waals surface area contributed by atoms with Crippen molar-refractivity contribution in [2.75, 3.05) is 18.1 Å². The van der Waals surface area contributed by atoms with Gasteiger partial charge in [0, 0.05) is 13.1 Å². The highest BCUT2D eigenvalue weighted by Gasteiger charge is 2.31. The Bertz CT molecular complexity index is 584. The summed E-state index contributed by atoms with van der Waals surface area (Å²) < 4.78 is 36.0. The number of oxime groups is 1. The lowest BCUT2D eigenvalue weighted by Crippen LogP contribution is -2.52. The topological polar surface area (TPSA) is 92.5 Å². The Hall–Kier alpha value is -2.49. The van der Waals surface area contributed by atoms with Crippen LogP contribution in [0.4, 0.5) is 18.9 Å². The highest BCUT2D eigenvalue weighted by molar-refractivity contribution is 6.01. The van der Waals surface area contributed by atoms with Crippen molar-refractivity contribution in [3.63, 3.8) is 0 Å². The summed E-state index contributed by atoms with van der Waals surface area (Å²) in [6, 6.07) is 9.12. The molecule has 1 fully saturated rings. The molecule has 24 heavy (non-hydrogen) atoms. The van der Waals surface area contributed by atoms with E-state index in [0.29, 0.717) is 0 Å². The summed E-state index contributed by atoms with van der Waals surface area (Å²) in [4.78, 5) is 7.00. The highest BCUT2D eigenvalue weighted by atomic mass is 19.4. The molecule has 10 heteroatoms. The van der Waals surface area contributed by atoms with E-state index in [9.17, 15) is 13.2 Å². The smallest absolute Gasteiger partial charge is 0.368 e. The number of halogens is 3. The van der Waals surface area contributed by atoms with Gasteiger partial charge in [0.2, 0.25) is 5.96 Å². The number of benzene rings is 1. The average Bonchev–Trinajstić information content (AvgIpc) is 2.54. The van der Waals surface area contributed by atoms with Gasteiger partial charge in [-0.3, -0.25) is 4.84 Å². The quantitative estimate of drug-likeness (QED) is 0.497. The summed E-state index contributed by atoms with van der Waals surface area (Å²) in [5.41, 5.74) is 12.0. The monoisotopic (exact) mass is 344 g/mol. The summed E-state index contributed by atoms with van der Waals surface area (Å²) in [6.07, 6.45) is -1.85. The van der Waals surface area contributed by atoms with Crippen molar-refractivity contribution < 1.29 is 18.0 Å². The van der Waals surface area contributed by atoms with E-state index >= 15 is 0 Å². The second kappa shape index (κ2) is 7.86. The molecule has 0 radical (unpaired) electrons. The van der Waals surface area contributed by atoms with Crippen molar-refractivity contribution in [2.45, 2.75) is 25.6 Å². The van der Waals surface area contributed by atoms with Gasteiger partial charge in [-0.1, -0.05) is 24.6 Å². The van der Waals surface area contributed by atoms with Crippen LogP contribution in [0.2, 0.25) is 0 Å². The number of anilines is 1. The van der Waals surface area contributed by atoms with E-state index in [2.05, 4.69) is 15.0 Å². The highest BCUT2D eigenvalue weighted by Crippen LogP contribution is 2.20. The molecule has 1 aromatic rings. The number of hydrogen-bond donors (Lipinski definition) is 2. The third-order valence-corrected chi connectivity index (χ3v) is 3.30. The third-order valence-electron chi connectivity index (χ3n) is 3.30. The minimum Gasteiger partial charge on any atom is -0.368 e. The first-order valence-electron chi connectivity index (χ1n) is 7.39. The Morgan fingerprint density at radius 1 is 1.08 bits per heavy atom. The first kappa shape index (κ1) is 17.9. The molecule has 0 amide bonds. The molecule has 0 spiro atoms. The van der Waals surface area contributed by atoms with Crippen LogP contribution in [0.15, 0.2) is 40.5 Å². The van der Waals surface area contributed by atoms with Crippen LogP contribution >= 0.6 is 0 Å². The molecular weight excluding hydrogens is 325 g/mol. The number of alkyl halides is 3. The molecule has 1 aromatic carbocycles. The lowest BCUT2D eigenvalue weighted by atomic mass is 10.1. The summed E-state index contributed by atoms with van der Waals surface area (Å²) in [5.74, 6) is -0.808. The minimum atomic E-state index is -4.93. The van der Waals surface area contributed by atoms with Gasteiger partial charge in [0.05, 0.1) is 5.69 Å². The number of para-hydroxylation sites is 1. The van der Waals surface area contributed by atoms with Crippen LogP contribution in [-0.2, 0) is 4.84 Å². The zero-order chi connectivity index (χ0) is 17.6. The fourth-order valence-electron chi connectivity index (χ4n) is 2.37. The largest absolute Gasteiger partial charge is 0.593 e. The van der Waals surface area contributed by atoms with Crippen molar-refractivity contribution in [1.29, 1.82) is 0 Å². The van der Waals surface area contributed by atoms with Crippen molar-refractivity contribution in [1.82, 2.24) is 5.01 Å². The number of rotatable bonds is 3. The maximum atomic E-state index is 12.0.